The van der Waals surface area contributed by atoms with Crippen molar-refractivity contribution in [2.75, 3.05) is 0 Å². The van der Waals surface area contributed by atoms with Gasteiger partial charge < -0.3 is 20.0 Å². The number of aryl methyl sites for hydroxylation is 3. The topological polar surface area (TPSA) is 99.9 Å². The number of rotatable bonds is 7. The molecule has 2 aromatic heterocycles. The van der Waals surface area contributed by atoms with E-state index in [-0.39, 0.29) is 11.5 Å². The molecule has 33 heavy (non-hydrogen) atoms. The van der Waals surface area contributed by atoms with Crippen LogP contribution in [0.1, 0.15) is 41.2 Å². The average Bonchev–Trinajstić information content (AvgIpc) is 3.14. The maximum Gasteiger partial charge on any atom is 0.261 e. The number of H-pyrrole nitrogens is 2. The third-order valence-electron chi connectivity index (χ3n) is 5.53. The quantitative estimate of drug-likeness (QED) is 0.400. The molecule has 0 fully saturated rings. The normalized spacial score (nSPS) is 13.0. The second kappa shape index (κ2) is 9.32. The summed E-state index contributed by atoms with van der Waals surface area (Å²) in [5.74, 6) is 0.863. The van der Waals surface area contributed by atoms with Gasteiger partial charge in [0, 0.05) is 29.6 Å². The Morgan fingerprint density at radius 1 is 1.09 bits per heavy atom. The summed E-state index contributed by atoms with van der Waals surface area (Å²) in [6, 6.07) is 14.8. The van der Waals surface area contributed by atoms with E-state index in [9.17, 15) is 9.59 Å². The number of hydrogen-bond acceptors (Lipinski definition) is 4. The smallest absolute Gasteiger partial charge is 0.261 e. The molecule has 4 rings (SSSR count). The standard InChI is InChI=1S/C26H28N4O3/c1-15-9-16(2)11-20(10-15)33-17(3)26(32)30-23(24-13-25(31)29-18(4)28-24)12-19-14-27-22-8-6-5-7-21(19)22/h5-11,13-14,17,23,27H,12H2,1-4H3,(H,30,32)(H,28,29,31)/t17-,23+/m1/s1. The van der Waals surface area contributed by atoms with Gasteiger partial charge in [0.1, 0.15) is 11.6 Å². The molecule has 7 heteroatoms. The summed E-state index contributed by atoms with van der Waals surface area (Å²) in [6.07, 6.45) is 1.68. The molecule has 2 atom stereocenters. The van der Waals surface area contributed by atoms with Gasteiger partial charge in [-0.1, -0.05) is 24.3 Å². The van der Waals surface area contributed by atoms with E-state index in [1.807, 2.05) is 56.4 Å². The third kappa shape index (κ3) is 5.31. The number of aromatic amines is 2. The van der Waals surface area contributed by atoms with Crippen LogP contribution in [0.2, 0.25) is 0 Å². The van der Waals surface area contributed by atoms with Gasteiger partial charge in [-0.3, -0.25) is 9.59 Å². The summed E-state index contributed by atoms with van der Waals surface area (Å²) in [5.41, 5.74) is 4.43. The van der Waals surface area contributed by atoms with Crippen molar-refractivity contribution in [2.45, 2.75) is 46.3 Å². The van der Waals surface area contributed by atoms with Crippen LogP contribution < -0.4 is 15.6 Å². The van der Waals surface area contributed by atoms with Crippen molar-refractivity contribution < 1.29 is 9.53 Å². The fourth-order valence-corrected chi connectivity index (χ4v) is 4.08. The van der Waals surface area contributed by atoms with Crippen LogP contribution in [-0.4, -0.2) is 27.0 Å². The number of nitrogens with zero attached hydrogens (tertiary/aromatic N) is 1. The largest absolute Gasteiger partial charge is 0.481 e. The van der Waals surface area contributed by atoms with Crippen LogP contribution in [0.4, 0.5) is 0 Å². The third-order valence-corrected chi connectivity index (χ3v) is 5.53. The number of amides is 1. The summed E-state index contributed by atoms with van der Waals surface area (Å²) in [5, 5.41) is 4.11. The zero-order valence-corrected chi connectivity index (χ0v) is 19.2. The summed E-state index contributed by atoms with van der Waals surface area (Å²) in [4.78, 5) is 35.6. The highest BCUT2D eigenvalue weighted by Crippen LogP contribution is 2.24. The maximum absolute atomic E-state index is 13.1. The van der Waals surface area contributed by atoms with Crippen molar-refractivity contribution in [1.82, 2.24) is 20.3 Å². The first kappa shape index (κ1) is 22.3. The van der Waals surface area contributed by atoms with E-state index in [1.54, 1.807) is 13.8 Å². The first-order valence-corrected chi connectivity index (χ1v) is 11.0. The van der Waals surface area contributed by atoms with E-state index in [1.165, 1.54) is 6.07 Å². The lowest BCUT2D eigenvalue weighted by Crippen LogP contribution is -2.40. The molecule has 0 aliphatic carbocycles. The van der Waals surface area contributed by atoms with Gasteiger partial charge in [0.2, 0.25) is 0 Å². The predicted octanol–water partition coefficient (Wildman–Crippen LogP) is 4.04. The van der Waals surface area contributed by atoms with Crippen molar-refractivity contribution >= 4 is 16.8 Å². The fraction of sp³-hybridized carbons (Fsp3) is 0.269. The lowest BCUT2D eigenvalue weighted by Gasteiger charge is -2.22. The monoisotopic (exact) mass is 444 g/mol. The minimum atomic E-state index is -0.722. The molecule has 0 spiro atoms. The van der Waals surface area contributed by atoms with Crippen molar-refractivity contribution in [3.8, 4) is 5.75 Å². The second-order valence-electron chi connectivity index (χ2n) is 8.46. The van der Waals surface area contributed by atoms with Gasteiger partial charge in [-0.15, -0.1) is 0 Å². The molecule has 4 aromatic rings. The number of para-hydroxylation sites is 1. The van der Waals surface area contributed by atoms with E-state index in [2.05, 4.69) is 26.3 Å². The van der Waals surface area contributed by atoms with E-state index >= 15 is 0 Å². The highest BCUT2D eigenvalue weighted by molar-refractivity contribution is 5.84. The summed E-state index contributed by atoms with van der Waals surface area (Å²) >= 11 is 0. The summed E-state index contributed by atoms with van der Waals surface area (Å²) in [6.45, 7) is 7.42. The Hall–Kier alpha value is -3.87. The zero-order valence-electron chi connectivity index (χ0n) is 19.2. The van der Waals surface area contributed by atoms with Gasteiger partial charge in [-0.05, 0) is 62.6 Å². The molecular formula is C26H28N4O3. The van der Waals surface area contributed by atoms with E-state index in [4.69, 9.17) is 4.74 Å². The Bertz CT molecular complexity index is 1330. The van der Waals surface area contributed by atoms with Crippen molar-refractivity contribution in [3.63, 3.8) is 0 Å². The van der Waals surface area contributed by atoms with E-state index < -0.39 is 12.1 Å². The van der Waals surface area contributed by atoms with Crippen molar-refractivity contribution in [2.24, 2.45) is 0 Å². The molecule has 1 amide bonds. The molecule has 0 saturated heterocycles. The van der Waals surface area contributed by atoms with Gasteiger partial charge in [-0.25, -0.2) is 4.98 Å². The molecule has 170 valence electrons. The van der Waals surface area contributed by atoms with Crippen LogP contribution in [0, 0.1) is 20.8 Å². The van der Waals surface area contributed by atoms with Crippen LogP contribution in [0.25, 0.3) is 10.9 Å². The van der Waals surface area contributed by atoms with Gasteiger partial charge in [0.15, 0.2) is 6.10 Å². The Morgan fingerprint density at radius 2 is 1.82 bits per heavy atom. The van der Waals surface area contributed by atoms with Crippen molar-refractivity contribution in [3.05, 3.63) is 93.3 Å². The molecule has 0 saturated carbocycles. The molecule has 0 radical (unpaired) electrons. The SMILES string of the molecule is Cc1cc(C)cc(O[C@H](C)C(=O)N[C@@H](Cc2c[nH]c3ccccc23)c2cc(=O)[nH]c(C)n2)c1. The van der Waals surface area contributed by atoms with Crippen LogP contribution in [0.15, 0.2) is 59.5 Å². The Balaban J connectivity index is 1.60. The number of benzene rings is 2. The number of nitrogens with one attached hydrogen (secondary N) is 3. The molecule has 0 unspecified atom stereocenters. The molecule has 0 aliphatic rings. The first-order valence-electron chi connectivity index (χ1n) is 11.0. The number of hydrogen-bond donors (Lipinski definition) is 3. The van der Waals surface area contributed by atoms with Gasteiger partial charge in [-0.2, -0.15) is 0 Å². The number of carbonyl (C=O) groups is 1. The van der Waals surface area contributed by atoms with Gasteiger partial charge >= 0.3 is 0 Å². The molecule has 0 bridgehead atoms. The van der Waals surface area contributed by atoms with E-state index in [0.717, 1.165) is 27.6 Å². The lowest BCUT2D eigenvalue weighted by atomic mass is 10.0. The molecule has 0 aliphatic heterocycles. The first-order chi connectivity index (χ1) is 15.8. The predicted molar refractivity (Wildman–Crippen MR) is 128 cm³/mol. The average molecular weight is 445 g/mol. The molecule has 2 aromatic carbocycles. The summed E-state index contributed by atoms with van der Waals surface area (Å²) < 4.78 is 5.92. The number of ether oxygens (including phenoxy) is 1. The molecular weight excluding hydrogens is 416 g/mol. The lowest BCUT2D eigenvalue weighted by molar-refractivity contribution is -0.128. The Labute approximate surface area is 192 Å². The van der Waals surface area contributed by atoms with Crippen LogP contribution in [0.3, 0.4) is 0 Å². The molecule has 3 N–H and O–H groups in total. The fourth-order valence-electron chi connectivity index (χ4n) is 4.08. The Kier molecular flexibility index (Phi) is 6.31. The minimum Gasteiger partial charge on any atom is -0.481 e. The molecule has 7 nitrogen and oxygen atoms in total. The highest BCUT2D eigenvalue weighted by Gasteiger charge is 2.23. The minimum absolute atomic E-state index is 0.254. The zero-order chi connectivity index (χ0) is 23.5. The Morgan fingerprint density at radius 3 is 2.55 bits per heavy atom. The number of carbonyl (C=O) groups excluding carboxylic acids is 1. The van der Waals surface area contributed by atoms with Crippen LogP contribution in [0.5, 0.6) is 5.75 Å². The van der Waals surface area contributed by atoms with Gasteiger partial charge in [0.25, 0.3) is 11.5 Å². The van der Waals surface area contributed by atoms with E-state index in [0.29, 0.717) is 23.7 Å². The van der Waals surface area contributed by atoms with Crippen molar-refractivity contribution in [1.29, 1.82) is 0 Å². The van der Waals surface area contributed by atoms with Gasteiger partial charge in [0.05, 0.1) is 11.7 Å². The number of aromatic nitrogens is 3. The molecule has 2 heterocycles. The second-order valence-corrected chi connectivity index (χ2v) is 8.46. The van der Waals surface area contributed by atoms with Crippen LogP contribution >= 0.6 is 0 Å². The van der Waals surface area contributed by atoms with Crippen LogP contribution in [-0.2, 0) is 11.2 Å². The maximum atomic E-state index is 13.1. The highest BCUT2D eigenvalue weighted by atomic mass is 16.5. The summed E-state index contributed by atoms with van der Waals surface area (Å²) in [7, 11) is 0. The number of fused-ring (bicyclic) bond motifs is 1.